The van der Waals surface area contributed by atoms with Crippen LogP contribution in [0.2, 0.25) is 0 Å². The highest BCUT2D eigenvalue weighted by Gasteiger charge is 2.24. The summed E-state index contributed by atoms with van der Waals surface area (Å²) in [5.41, 5.74) is 0. The quantitative estimate of drug-likeness (QED) is 0.230. The van der Waals surface area contributed by atoms with Crippen LogP contribution in [0.5, 0.6) is 0 Å². The summed E-state index contributed by atoms with van der Waals surface area (Å²) in [5.74, 6) is 1.62. The molecule has 0 saturated carbocycles. The van der Waals surface area contributed by atoms with Crippen molar-refractivity contribution in [2.75, 3.05) is 66.3 Å². The number of unbranched alkanes of at least 4 members (excludes halogenated alkanes) is 5. The molecular formula is C22H45N3O3. The first kappa shape index (κ1) is 25.2. The first-order valence-corrected chi connectivity index (χ1v) is 11.5. The van der Waals surface area contributed by atoms with Crippen LogP contribution in [0.15, 0.2) is 4.99 Å². The molecule has 1 N–H and O–H groups in total. The molecule has 6 nitrogen and oxygen atoms in total. The van der Waals surface area contributed by atoms with E-state index in [1.165, 1.54) is 44.9 Å². The highest BCUT2D eigenvalue weighted by atomic mass is 16.5. The van der Waals surface area contributed by atoms with Crippen LogP contribution in [-0.4, -0.2) is 77.2 Å². The van der Waals surface area contributed by atoms with Crippen molar-refractivity contribution < 1.29 is 14.2 Å². The number of nitrogens with zero attached hydrogens (tertiary/aromatic N) is 2. The van der Waals surface area contributed by atoms with Gasteiger partial charge >= 0.3 is 0 Å². The lowest BCUT2D eigenvalue weighted by molar-refractivity contribution is 0.0536. The van der Waals surface area contributed by atoms with E-state index >= 15 is 0 Å². The maximum atomic E-state index is 5.76. The van der Waals surface area contributed by atoms with Crippen molar-refractivity contribution in [2.45, 2.75) is 65.2 Å². The predicted molar refractivity (Wildman–Crippen MR) is 117 cm³/mol. The van der Waals surface area contributed by atoms with E-state index in [1.807, 2.05) is 0 Å². The van der Waals surface area contributed by atoms with Gasteiger partial charge in [0.1, 0.15) is 0 Å². The molecular weight excluding hydrogens is 354 g/mol. The van der Waals surface area contributed by atoms with Crippen molar-refractivity contribution in [3.05, 3.63) is 0 Å². The van der Waals surface area contributed by atoms with Crippen LogP contribution in [0, 0.1) is 5.92 Å². The summed E-state index contributed by atoms with van der Waals surface area (Å²) in [4.78, 5) is 7.16. The van der Waals surface area contributed by atoms with Crippen LogP contribution in [0.3, 0.4) is 0 Å². The first-order chi connectivity index (χ1) is 13.8. The van der Waals surface area contributed by atoms with E-state index in [2.05, 4.69) is 24.1 Å². The Morgan fingerprint density at radius 2 is 1.75 bits per heavy atom. The molecule has 0 radical (unpaired) electrons. The smallest absolute Gasteiger partial charge is 0.193 e. The van der Waals surface area contributed by atoms with Gasteiger partial charge in [0.05, 0.1) is 19.8 Å². The Morgan fingerprint density at radius 3 is 2.54 bits per heavy atom. The summed E-state index contributed by atoms with van der Waals surface area (Å²) in [6.07, 6.45) is 10.0. The van der Waals surface area contributed by atoms with E-state index < -0.39 is 0 Å². The molecule has 1 unspecified atom stereocenters. The maximum Gasteiger partial charge on any atom is 0.193 e. The third kappa shape index (κ3) is 12.6. The van der Waals surface area contributed by atoms with Crippen molar-refractivity contribution in [1.29, 1.82) is 0 Å². The monoisotopic (exact) mass is 399 g/mol. The van der Waals surface area contributed by atoms with Gasteiger partial charge in [-0.3, -0.25) is 4.99 Å². The fourth-order valence-electron chi connectivity index (χ4n) is 3.42. The number of aliphatic imine (C=N–C) groups is 1. The molecule has 0 spiro atoms. The highest BCUT2D eigenvalue weighted by molar-refractivity contribution is 5.80. The Morgan fingerprint density at radius 1 is 0.964 bits per heavy atom. The second-order valence-corrected chi connectivity index (χ2v) is 7.64. The summed E-state index contributed by atoms with van der Waals surface area (Å²) in [7, 11) is 1.71. The Labute approximate surface area is 173 Å². The molecule has 1 fully saturated rings. The fraction of sp³-hybridized carbons (Fsp3) is 0.955. The second-order valence-electron chi connectivity index (χ2n) is 7.64. The van der Waals surface area contributed by atoms with Crippen molar-refractivity contribution in [3.8, 4) is 0 Å². The average molecular weight is 400 g/mol. The standard InChI is InChI=1S/C22H45N3O3/c1-4-6-7-8-9-10-15-27-16-11-13-24-22(23-5-2)25-14-12-21(19-25)20-28-18-17-26-3/h21H,4-20H2,1-3H3,(H,23,24). The molecule has 1 saturated heterocycles. The van der Waals surface area contributed by atoms with Crippen LogP contribution in [0.4, 0.5) is 0 Å². The zero-order valence-corrected chi connectivity index (χ0v) is 18.7. The van der Waals surface area contributed by atoms with Crippen molar-refractivity contribution in [2.24, 2.45) is 10.9 Å². The minimum atomic E-state index is 0.585. The summed E-state index contributed by atoms with van der Waals surface area (Å²) >= 11 is 0. The van der Waals surface area contributed by atoms with Gasteiger partial charge < -0.3 is 24.4 Å². The van der Waals surface area contributed by atoms with Gasteiger partial charge in [0, 0.05) is 52.4 Å². The van der Waals surface area contributed by atoms with Gasteiger partial charge in [-0.25, -0.2) is 0 Å². The Kier molecular flexibility index (Phi) is 16.4. The van der Waals surface area contributed by atoms with Crippen LogP contribution in [0.1, 0.15) is 65.2 Å². The van der Waals surface area contributed by atoms with Crippen LogP contribution in [-0.2, 0) is 14.2 Å². The summed E-state index contributed by atoms with van der Waals surface area (Å²) in [6.45, 7) is 12.1. The third-order valence-electron chi connectivity index (χ3n) is 5.06. The van der Waals surface area contributed by atoms with Crippen molar-refractivity contribution in [1.82, 2.24) is 10.2 Å². The molecule has 1 aliphatic rings. The topological polar surface area (TPSA) is 55.3 Å². The predicted octanol–water partition coefficient (Wildman–Crippen LogP) is 3.70. The minimum absolute atomic E-state index is 0.585. The van der Waals surface area contributed by atoms with Crippen LogP contribution < -0.4 is 5.32 Å². The lowest BCUT2D eigenvalue weighted by Gasteiger charge is -2.21. The molecule has 1 aliphatic heterocycles. The lowest BCUT2D eigenvalue weighted by atomic mass is 10.1. The molecule has 1 atom stereocenters. The summed E-state index contributed by atoms with van der Waals surface area (Å²) < 4.78 is 16.5. The number of rotatable bonds is 17. The number of ether oxygens (including phenoxy) is 3. The number of nitrogens with one attached hydrogen (secondary N) is 1. The molecule has 0 aliphatic carbocycles. The summed E-state index contributed by atoms with van der Waals surface area (Å²) in [5, 5.41) is 3.43. The van der Waals surface area contributed by atoms with Crippen LogP contribution >= 0.6 is 0 Å². The van der Waals surface area contributed by atoms with E-state index in [1.54, 1.807) is 7.11 Å². The minimum Gasteiger partial charge on any atom is -0.382 e. The molecule has 0 aromatic carbocycles. The van der Waals surface area contributed by atoms with E-state index in [0.717, 1.165) is 58.4 Å². The fourth-order valence-corrected chi connectivity index (χ4v) is 3.42. The van der Waals surface area contributed by atoms with Gasteiger partial charge in [-0.15, -0.1) is 0 Å². The molecule has 0 aromatic rings. The van der Waals surface area contributed by atoms with Gasteiger partial charge in [0.25, 0.3) is 0 Å². The molecule has 1 heterocycles. The molecule has 166 valence electrons. The normalized spacial score (nSPS) is 17.5. The average Bonchev–Trinajstić information content (AvgIpc) is 3.17. The SMILES string of the molecule is CCCCCCCCOCCCN=C(NCC)N1CCC(COCCOC)C1. The van der Waals surface area contributed by atoms with Gasteiger partial charge in [-0.05, 0) is 26.2 Å². The van der Waals surface area contributed by atoms with Crippen LogP contribution in [0.25, 0.3) is 0 Å². The Balaban J connectivity index is 2.12. The van der Waals surface area contributed by atoms with Crippen molar-refractivity contribution in [3.63, 3.8) is 0 Å². The Bertz CT molecular complexity index is 380. The maximum absolute atomic E-state index is 5.76. The zero-order valence-electron chi connectivity index (χ0n) is 18.7. The Hall–Kier alpha value is -0.850. The molecule has 1 rings (SSSR count). The molecule has 0 amide bonds. The van der Waals surface area contributed by atoms with E-state index in [-0.39, 0.29) is 0 Å². The highest BCUT2D eigenvalue weighted by Crippen LogP contribution is 2.16. The first-order valence-electron chi connectivity index (χ1n) is 11.5. The van der Waals surface area contributed by atoms with E-state index in [0.29, 0.717) is 19.1 Å². The number of methoxy groups -OCH3 is 1. The summed E-state index contributed by atoms with van der Waals surface area (Å²) in [6, 6.07) is 0. The van der Waals surface area contributed by atoms with Gasteiger partial charge in [-0.1, -0.05) is 39.0 Å². The number of guanidine groups is 1. The molecule has 28 heavy (non-hydrogen) atoms. The van der Waals surface area contributed by atoms with Gasteiger partial charge in [0.15, 0.2) is 5.96 Å². The van der Waals surface area contributed by atoms with Crippen molar-refractivity contribution >= 4 is 5.96 Å². The largest absolute Gasteiger partial charge is 0.382 e. The lowest BCUT2D eigenvalue weighted by Crippen LogP contribution is -2.40. The number of hydrogen-bond donors (Lipinski definition) is 1. The van der Waals surface area contributed by atoms with Gasteiger partial charge in [0.2, 0.25) is 0 Å². The number of likely N-dealkylation sites (tertiary alicyclic amines) is 1. The van der Waals surface area contributed by atoms with E-state index in [9.17, 15) is 0 Å². The van der Waals surface area contributed by atoms with E-state index in [4.69, 9.17) is 19.2 Å². The molecule has 6 heteroatoms. The molecule has 0 aromatic heterocycles. The number of hydrogen-bond acceptors (Lipinski definition) is 4. The zero-order chi connectivity index (χ0) is 20.3. The third-order valence-corrected chi connectivity index (χ3v) is 5.06. The van der Waals surface area contributed by atoms with Gasteiger partial charge in [-0.2, -0.15) is 0 Å². The second kappa shape index (κ2) is 18.2. The molecule has 0 bridgehead atoms.